The van der Waals surface area contributed by atoms with E-state index in [9.17, 15) is 9.59 Å². The van der Waals surface area contributed by atoms with E-state index in [-0.39, 0.29) is 23.9 Å². The number of benzene rings is 1. The van der Waals surface area contributed by atoms with Crippen LogP contribution in [0.2, 0.25) is 0 Å². The maximum absolute atomic E-state index is 13.7. The highest BCUT2D eigenvalue weighted by Crippen LogP contribution is 2.38. The van der Waals surface area contributed by atoms with Crippen molar-refractivity contribution >= 4 is 39.7 Å². The number of methoxy groups -OCH3 is 1. The summed E-state index contributed by atoms with van der Waals surface area (Å²) in [6.07, 6.45) is 6.73. The summed E-state index contributed by atoms with van der Waals surface area (Å²) >= 11 is 0. The molecule has 5 heterocycles. The van der Waals surface area contributed by atoms with Crippen LogP contribution in [0.3, 0.4) is 0 Å². The Morgan fingerprint density at radius 2 is 1.93 bits per heavy atom. The Morgan fingerprint density at radius 3 is 2.69 bits per heavy atom. The predicted octanol–water partition coefficient (Wildman–Crippen LogP) is 4.48. The molecule has 2 atom stereocenters. The highest BCUT2D eigenvalue weighted by atomic mass is 16.5. The number of hydrogen-bond acceptors (Lipinski definition) is 6. The highest BCUT2D eigenvalue weighted by molar-refractivity contribution is 6.00. The van der Waals surface area contributed by atoms with Crippen LogP contribution in [0.25, 0.3) is 33.6 Å². The zero-order valence-electron chi connectivity index (χ0n) is 24.7. The molecule has 3 aliphatic rings. The normalized spacial score (nSPS) is 21.5. The second-order valence-corrected chi connectivity index (χ2v) is 12.4. The Bertz CT molecular complexity index is 1700. The number of piperidine rings is 2. The highest BCUT2D eigenvalue weighted by Gasteiger charge is 2.31. The van der Waals surface area contributed by atoms with Gasteiger partial charge in [-0.3, -0.25) is 14.5 Å². The molecule has 10 nitrogen and oxygen atoms in total. The molecule has 2 saturated heterocycles. The first-order chi connectivity index (χ1) is 20.3. The number of rotatable bonds is 6. The second-order valence-electron chi connectivity index (χ2n) is 12.4. The van der Waals surface area contributed by atoms with Crippen molar-refractivity contribution in [1.82, 2.24) is 24.0 Å². The first kappa shape index (κ1) is 26.9. The van der Waals surface area contributed by atoms with Gasteiger partial charge in [0.15, 0.2) is 5.82 Å². The lowest BCUT2D eigenvalue weighted by molar-refractivity contribution is -0.119. The fourth-order valence-electron chi connectivity index (χ4n) is 6.65. The van der Waals surface area contributed by atoms with E-state index in [0.717, 1.165) is 66.1 Å². The number of imidazole rings is 1. The lowest BCUT2D eigenvalue weighted by atomic mass is 9.99. The number of carbonyl (C=O) groups excluding carboxylic acids is 2. The summed E-state index contributed by atoms with van der Waals surface area (Å²) < 4.78 is 10.1. The van der Waals surface area contributed by atoms with E-state index in [0.29, 0.717) is 42.3 Å². The Balaban J connectivity index is 1.33. The van der Waals surface area contributed by atoms with Crippen molar-refractivity contribution in [3.05, 3.63) is 35.9 Å². The van der Waals surface area contributed by atoms with Gasteiger partial charge >= 0.3 is 0 Å². The largest absolute Gasteiger partial charge is 0.494 e. The summed E-state index contributed by atoms with van der Waals surface area (Å²) in [5.41, 5.74) is 10.2. The van der Waals surface area contributed by atoms with Crippen molar-refractivity contribution in [3.63, 3.8) is 0 Å². The van der Waals surface area contributed by atoms with Gasteiger partial charge in [-0.05, 0) is 81.7 Å². The fourth-order valence-corrected chi connectivity index (χ4v) is 6.65. The Labute approximate surface area is 245 Å². The Morgan fingerprint density at radius 1 is 1.10 bits per heavy atom. The number of amides is 2. The van der Waals surface area contributed by atoms with E-state index >= 15 is 0 Å². The number of carbonyl (C=O) groups is 2. The van der Waals surface area contributed by atoms with Gasteiger partial charge in [-0.1, -0.05) is 0 Å². The van der Waals surface area contributed by atoms with Gasteiger partial charge in [0.1, 0.15) is 22.7 Å². The number of nitrogens with two attached hydrogens (primary N) is 1. The van der Waals surface area contributed by atoms with Gasteiger partial charge in [0.25, 0.3) is 5.91 Å². The fraction of sp³-hybridized carbons (Fsp3) is 0.500. The van der Waals surface area contributed by atoms with Gasteiger partial charge in [0, 0.05) is 56.1 Å². The molecule has 1 aliphatic carbocycles. The summed E-state index contributed by atoms with van der Waals surface area (Å²) in [7, 11) is 3.62. The lowest BCUT2D eigenvalue weighted by Gasteiger charge is -2.36. The van der Waals surface area contributed by atoms with Crippen molar-refractivity contribution in [3.8, 4) is 17.3 Å². The van der Waals surface area contributed by atoms with E-state index in [4.69, 9.17) is 20.4 Å². The minimum absolute atomic E-state index is 0.00669. The van der Waals surface area contributed by atoms with Crippen LogP contribution in [0.5, 0.6) is 5.75 Å². The third-order valence-corrected chi connectivity index (χ3v) is 9.28. The molecule has 0 radical (unpaired) electrons. The molecule has 1 saturated carbocycles. The minimum atomic E-state index is -0.0445. The number of nitrogens with zero attached hydrogens (tertiary/aromatic N) is 6. The molecule has 7 rings (SSSR count). The third kappa shape index (κ3) is 4.62. The summed E-state index contributed by atoms with van der Waals surface area (Å²) in [5, 5.41) is 1.02. The molecule has 4 aromatic rings. The van der Waals surface area contributed by atoms with E-state index in [1.807, 2.05) is 35.0 Å². The van der Waals surface area contributed by atoms with Crippen LogP contribution in [-0.4, -0.2) is 68.1 Å². The van der Waals surface area contributed by atoms with Crippen molar-refractivity contribution in [2.45, 2.75) is 70.5 Å². The molecule has 3 fully saturated rings. The van der Waals surface area contributed by atoms with E-state index in [1.54, 1.807) is 7.11 Å². The smallest absolute Gasteiger partial charge is 0.254 e. The third-order valence-electron chi connectivity index (χ3n) is 9.28. The number of aromatic nitrogens is 4. The summed E-state index contributed by atoms with van der Waals surface area (Å²) in [4.78, 5) is 40.2. The van der Waals surface area contributed by atoms with Crippen LogP contribution in [-0.2, 0) is 18.4 Å². The topological polar surface area (TPSA) is 112 Å². The van der Waals surface area contributed by atoms with Gasteiger partial charge in [-0.25, -0.2) is 9.97 Å². The SMILES string of the molecule is COc1cc(C(=O)N2C[C@H](N)CC[C@@H]2C)cc2nc(-c3cc4ccc(N5CCCCC5=O)nc4n3CC3CC3)n(C)c12. The van der Waals surface area contributed by atoms with Crippen LogP contribution >= 0.6 is 0 Å². The second kappa shape index (κ2) is 10.4. The number of aryl methyl sites for hydroxylation is 1. The van der Waals surface area contributed by atoms with Crippen LogP contribution < -0.4 is 15.4 Å². The molecule has 1 aromatic carbocycles. The number of anilines is 1. The summed E-state index contributed by atoms with van der Waals surface area (Å²) in [5.74, 6) is 2.82. The van der Waals surface area contributed by atoms with Crippen LogP contribution in [0, 0.1) is 5.92 Å². The minimum Gasteiger partial charge on any atom is -0.494 e. The van der Waals surface area contributed by atoms with Crippen molar-refractivity contribution < 1.29 is 14.3 Å². The van der Waals surface area contributed by atoms with Crippen LogP contribution in [0.1, 0.15) is 62.2 Å². The molecular weight excluding hydrogens is 530 g/mol. The predicted molar refractivity (Wildman–Crippen MR) is 163 cm³/mol. The molecule has 0 spiro atoms. The van der Waals surface area contributed by atoms with Gasteiger partial charge in [0.2, 0.25) is 5.91 Å². The van der Waals surface area contributed by atoms with E-state index in [1.165, 1.54) is 12.8 Å². The quantitative estimate of drug-likeness (QED) is 0.367. The van der Waals surface area contributed by atoms with Crippen LogP contribution in [0.15, 0.2) is 30.3 Å². The van der Waals surface area contributed by atoms with Crippen molar-refractivity contribution in [2.24, 2.45) is 18.7 Å². The van der Waals surface area contributed by atoms with Gasteiger partial charge < -0.3 is 24.5 Å². The van der Waals surface area contributed by atoms with Gasteiger partial charge in [0.05, 0.1) is 18.3 Å². The number of ether oxygens (including phenoxy) is 1. The average molecular weight is 570 g/mol. The maximum Gasteiger partial charge on any atom is 0.254 e. The number of fused-ring (bicyclic) bond motifs is 2. The molecule has 2 aliphatic heterocycles. The molecular formula is C32H39N7O3. The van der Waals surface area contributed by atoms with E-state index < -0.39 is 0 Å². The lowest BCUT2D eigenvalue weighted by Crippen LogP contribution is -2.50. The first-order valence-corrected chi connectivity index (χ1v) is 15.2. The average Bonchev–Trinajstić information content (AvgIpc) is 3.67. The van der Waals surface area contributed by atoms with E-state index in [2.05, 4.69) is 28.2 Å². The molecule has 42 heavy (non-hydrogen) atoms. The number of likely N-dealkylation sites (tertiary alicyclic amines) is 1. The van der Waals surface area contributed by atoms with Crippen molar-refractivity contribution in [2.75, 3.05) is 25.1 Å². The monoisotopic (exact) mass is 569 g/mol. The molecule has 2 N–H and O–H groups in total. The molecule has 220 valence electrons. The molecule has 0 bridgehead atoms. The van der Waals surface area contributed by atoms with Gasteiger partial charge in [-0.2, -0.15) is 0 Å². The summed E-state index contributed by atoms with van der Waals surface area (Å²) in [6.45, 7) is 4.19. The van der Waals surface area contributed by atoms with Crippen molar-refractivity contribution in [1.29, 1.82) is 0 Å². The Kier molecular flexibility index (Phi) is 6.68. The molecule has 0 unspecified atom stereocenters. The zero-order chi connectivity index (χ0) is 29.1. The Hall–Kier alpha value is -3.92. The van der Waals surface area contributed by atoms with Gasteiger partial charge in [-0.15, -0.1) is 0 Å². The standard InChI is InChI=1S/C32H39N7O3/c1-19-7-11-23(33)18-38(19)32(41)22-14-24-29(26(16-22)42-3)36(2)31(34-24)25-15-21-10-12-27(37-13-5-4-6-28(37)40)35-30(21)39(25)17-20-8-9-20/h10,12,14-16,19-20,23H,4-9,11,13,17-18,33H2,1-3H3/t19-,23+/m0/s1. The first-order valence-electron chi connectivity index (χ1n) is 15.2. The molecule has 2 amide bonds. The maximum atomic E-state index is 13.7. The number of hydrogen-bond donors (Lipinski definition) is 1. The molecule has 3 aromatic heterocycles. The molecule has 10 heteroatoms. The van der Waals surface area contributed by atoms with Crippen LogP contribution in [0.4, 0.5) is 5.82 Å². The zero-order valence-corrected chi connectivity index (χ0v) is 24.7. The summed E-state index contributed by atoms with van der Waals surface area (Å²) in [6, 6.07) is 10.00. The number of pyridine rings is 1.